The molecule has 20 heavy (non-hydrogen) atoms. The standard InChI is InChI=1S/C15H21N3O2/c1-10-12(9-17-18-10)8-16-11(2)14-6-5-13(19-3)7-15(14)20-4/h5-7,9,11,16H,8H2,1-4H3,(H,17,18). The van der Waals surface area contributed by atoms with Gasteiger partial charge in [-0.3, -0.25) is 5.10 Å². The SMILES string of the molecule is COc1ccc(C(C)NCc2cn[nH]c2C)c(OC)c1. The Bertz CT molecular complexity index is 566. The van der Waals surface area contributed by atoms with Crippen LogP contribution < -0.4 is 14.8 Å². The van der Waals surface area contributed by atoms with E-state index < -0.39 is 0 Å². The first kappa shape index (κ1) is 14.4. The minimum Gasteiger partial charge on any atom is -0.497 e. The van der Waals surface area contributed by atoms with Gasteiger partial charge in [0.2, 0.25) is 0 Å². The molecule has 1 aromatic carbocycles. The summed E-state index contributed by atoms with van der Waals surface area (Å²) in [6, 6.07) is 6.04. The van der Waals surface area contributed by atoms with Crippen LogP contribution in [0.1, 0.15) is 29.8 Å². The van der Waals surface area contributed by atoms with Gasteiger partial charge in [-0.25, -0.2) is 0 Å². The molecule has 2 N–H and O–H groups in total. The second-order valence-electron chi connectivity index (χ2n) is 4.73. The Kier molecular flexibility index (Phi) is 4.63. The van der Waals surface area contributed by atoms with Gasteiger partial charge in [0.05, 0.1) is 20.4 Å². The van der Waals surface area contributed by atoms with Gasteiger partial charge in [-0.05, 0) is 19.9 Å². The molecular weight excluding hydrogens is 254 g/mol. The Morgan fingerprint density at radius 3 is 2.70 bits per heavy atom. The van der Waals surface area contributed by atoms with Gasteiger partial charge in [0, 0.05) is 35.5 Å². The minimum atomic E-state index is 0.171. The molecule has 0 aliphatic heterocycles. The van der Waals surface area contributed by atoms with Crippen molar-refractivity contribution in [2.24, 2.45) is 0 Å². The van der Waals surface area contributed by atoms with E-state index in [2.05, 4.69) is 22.4 Å². The zero-order chi connectivity index (χ0) is 14.5. The largest absolute Gasteiger partial charge is 0.497 e. The predicted molar refractivity (Wildman–Crippen MR) is 78.1 cm³/mol. The van der Waals surface area contributed by atoms with Crippen molar-refractivity contribution in [3.05, 3.63) is 41.2 Å². The monoisotopic (exact) mass is 275 g/mol. The number of H-pyrrole nitrogens is 1. The molecule has 1 heterocycles. The molecule has 1 unspecified atom stereocenters. The minimum absolute atomic E-state index is 0.171. The lowest BCUT2D eigenvalue weighted by Crippen LogP contribution is -2.19. The summed E-state index contributed by atoms with van der Waals surface area (Å²) in [5, 5.41) is 10.4. The lowest BCUT2D eigenvalue weighted by atomic mass is 10.1. The van der Waals surface area contributed by atoms with Gasteiger partial charge in [0.1, 0.15) is 11.5 Å². The Morgan fingerprint density at radius 2 is 2.10 bits per heavy atom. The summed E-state index contributed by atoms with van der Waals surface area (Å²) in [5.41, 5.74) is 3.37. The van der Waals surface area contributed by atoms with Crippen molar-refractivity contribution in [3.63, 3.8) is 0 Å². The highest BCUT2D eigenvalue weighted by atomic mass is 16.5. The van der Waals surface area contributed by atoms with Crippen LogP contribution >= 0.6 is 0 Å². The highest BCUT2D eigenvalue weighted by Crippen LogP contribution is 2.29. The molecule has 1 aromatic heterocycles. The molecule has 1 atom stereocenters. The predicted octanol–water partition coefficient (Wildman–Crippen LogP) is 2.59. The summed E-state index contributed by atoms with van der Waals surface area (Å²) in [7, 11) is 3.32. The van der Waals surface area contributed by atoms with Crippen LogP contribution in [0.4, 0.5) is 0 Å². The molecule has 2 aromatic rings. The van der Waals surface area contributed by atoms with Crippen molar-refractivity contribution < 1.29 is 9.47 Å². The molecule has 0 fully saturated rings. The van der Waals surface area contributed by atoms with Gasteiger partial charge in [-0.2, -0.15) is 5.10 Å². The van der Waals surface area contributed by atoms with Crippen LogP contribution in [-0.2, 0) is 6.54 Å². The van der Waals surface area contributed by atoms with Gasteiger partial charge in [0.15, 0.2) is 0 Å². The van der Waals surface area contributed by atoms with Gasteiger partial charge in [0.25, 0.3) is 0 Å². The van der Waals surface area contributed by atoms with E-state index in [-0.39, 0.29) is 6.04 Å². The highest BCUT2D eigenvalue weighted by molar-refractivity contribution is 5.42. The normalized spacial score (nSPS) is 12.2. The highest BCUT2D eigenvalue weighted by Gasteiger charge is 2.12. The van der Waals surface area contributed by atoms with Crippen molar-refractivity contribution >= 4 is 0 Å². The number of aromatic nitrogens is 2. The third-order valence-electron chi connectivity index (χ3n) is 3.44. The fraction of sp³-hybridized carbons (Fsp3) is 0.400. The van der Waals surface area contributed by atoms with E-state index in [1.54, 1.807) is 14.2 Å². The maximum atomic E-state index is 5.43. The maximum Gasteiger partial charge on any atom is 0.127 e. The van der Waals surface area contributed by atoms with Gasteiger partial charge in [-0.1, -0.05) is 6.07 Å². The fourth-order valence-electron chi connectivity index (χ4n) is 2.10. The Hall–Kier alpha value is -2.01. The molecule has 2 rings (SSSR count). The molecule has 0 spiro atoms. The number of hydrogen-bond acceptors (Lipinski definition) is 4. The molecular formula is C15H21N3O2. The molecule has 0 radical (unpaired) electrons. The van der Waals surface area contributed by atoms with Crippen LogP contribution in [0.2, 0.25) is 0 Å². The zero-order valence-corrected chi connectivity index (χ0v) is 12.4. The number of methoxy groups -OCH3 is 2. The van der Waals surface area contributed by atoms with Gasteiger partial charge in [-0.15, -0.1) is 0 Å². The molecule has 5 nitrogen and oxygen atoms in total. The van der Waals surface area contributed by atoms with Crippen molar-refractivity contribution in [2.75, 3.05) is 14.2 Å². The van der Waals surface area contributed by atoms with E-state index >= 15 is 0 Å². The zero-order valence-electron chi connectivity index (χ0n) is 12.4. The number of nitrogens with zero attached hydrogens (tertiary/aromatic N) is 1. The van der Waals surface area contributed by atoms with Crippen LogP contribution in [0.25, 0.3) is 0 Å². The average Bonchev–Trinajstić information content (AvgIpc) is 2.89. The smallest absolute Gasteiger partial charge is 0.127 e. The Morgan fingerprint density at radius 1 is 1.30 bits per heavy atom. The number of benzene rings is 1. The molecule has 0 aliphatic carbocycles. The molecule has 0 saturated carbocycles. The van der Waals surface area contributed by atoms with Crippen molar-refractivity contribution in [1.29, 1.82) is 0 Å². The second kappa shape index (κ2) is 6.43. The maximum absolute atomic E-state index is 5.43. The number of ether oxygens (including phenoxy) is 2. The van der Waals surface area contributed by atoms with Crippen molar-refractivity contribution in [2.45, 2.75) is 26.4 Å². The average molecular weight is 275 g/mol. The van der Waals surface area contributed by atoms with E-state index in [1.807, 2.05) is 31.3 Å². The van der Waals surface area contributed by atoms with E-state index in [1.165, 1.54) is 5.56 Å². The number of aryl methyl sites for hydroxylation is 1. The first-order valence-electron chi connectivity index (χ1n) is 6.60. The van der Waals surface area contributed by atoms with Gasteiger partial charge < -0.3 is 14.8 Å². The van der Waals surface area contributed by atoms with Gasteiger partial charge >= 0.3 is 0 Å². The third kappa shape index (κ3) is 3.11. The summed E-state index contributed by atoms with van der Waals surface area (Å²) in [4.78, 5) is 0. The second-order valence-corrected chi connectivity index (χ2v) is 4.73. The lowest BCUT2D eigenvalue weighted by molar-refractivity contribution is 0.385. The summed E-state index contributed by atoms with van der Waals surface area (Å²) in [5.74, 6) is 1.62. The number of hydrogen-bond donors (Lipinski definition) is 2. The molecule has 108 valence electrons. The van der Waals surface area contributed by atoms with E-state index in [0.29, 0.717) is 0 Å². The van der Waals surface area contributed by atoms with Crippen molar-refractivity contribution in [3.8, 4) is 11.5 Å². The van der Waals surface area contributed by atoms with Crippen LogP contribution in [0.3, 0.4) is 0 Å². The summed E-state index contributed by atoms with van der Waals surface area (Å²) in [6.45, 7) is 4.89. The first-order valence-corrected chi connectivity index (χ1v) is 6.60. The number of rotatable bonds is 6. The topological polar surface area (TPSA) is 59.2 Å². The fourth-order valence-corrected chi connectivity index (χ4v) is 2.10. The molecule has 5 heteroatoms. The summed E-state index contributed by atoms with van der Waals surface area (Å²) in [6.07, 6.45) is 1.85. The number of nitrogens with one attached hydrogen (secondary N) is 2. The van der Waals surface area contributed by atoms with Crippen LogP contribution in [0, 0.1) is 6.92 Å². The Balaban J connectivity index is 2.08. The van der Waals surface area contributed by atoms with Crippen LogP contribution in [0.15, 0.2) is 24.4 Å². The molecule has 0 bridgehead atoms. The molecule has 0 saturated heterocycles. The van der Waals surface area contributed by atoms with E-state index in [9.17, 15) is 0 Å². The lowest BCUT2D eigenvalue weighted by Gasteiger charge is -2.18. The molecule has 0 aliphatic rings. The summed E-state index contributed by atoms with van der Waals surface area (Å²) >= 11 is 0. The quantitative estimate of drug-likeness (QED) is 0.850. The van der Waals surface area contributed by atoms with Crippen molar-refractivity contribution in [1.82, 2.24) is 15.5 Å². The number of aromatic amines is 1. The van der Waals surface area contributed by atoms with Crippen LogP contribution in [-0.4, -0.2) is 24.4 Å². The molecule has 0 amide bonds. The summed E-state index contributed by atoms with van der Waals surface area (Å²) < 4.78 is 10.6. The van der Waals surface area contributed by atoms with E-state index in [4.69, 9.17) is 9.47 Å². The third-order valence-corrected chi connectivity index (χ3v) is 3.44. The van der Waals surface area contributed by atoms with Crippen LogP contribution in [0.5, 0.6) is 11.5 Å². The Labute approximate surface area is 119 Å². The first-order chi connectivity index (χ1) is 9.65. The van der Waals surface area contributed by atoms with E-state index in [0.717, 1.165) is 29.3 Å².